The van der Waals surface area contributed by atoms with Crippen molar-refractivity contribution in [1.29, 1.82) is 0 Å². The van der Waals surface area contributed by atoms with Gasteiger partial charge in [0.1, 0.15) is 11.6 Å². The second-order valence-corrected chi connectivity index (χ2v) is 4.12. The van der Waals surface area contributed by atoms with Gasteiger partial charge in [-0.05, 0) is 35.9 Å². The average Bonchev–Trinajstić information content (AvgIpc) is 2.39. The third-order valence-corrected chi connectivity index (χ3v) is 2.65. The quantitative estimate of drug-likeness (QED) is 0.528. The monoisotopic (exact) mass is 284 g/mol. The van der Waals surface area contributed by atoms with E-state index >= 15 is 0 Å². The number of halogens is 5. The van der Waals surface area contributed by atoms with Crippen molar-refractivity contribution in [2.75, 3.05) is 0 Å². The van der Waals surface area contributed by atoms with Crippen LogP contribution in [0.15, 0.2) is 42.5 Å². The lowest BCUT2D eigenvalue weighted by molar-refractivity contribution is -0.137. The van der Waals surface area contributed by atoms with Crippen LogP contribution in [0.3, 0.4) is 0 Å². The molecule has 0 bridgehead atoms. The standard InChI is InChI=1S/C15H9F5/c16-13-7-8-14(17)11(9-13)4-1-10-2-5-12(6-3-10)15(18,19)20/h1-9H/b4-1+. The SMILES string of the molecule is Fc1ccc(F)c(/C=C/c2ccc(C(F)(F)F)cc2)c1. The minimum absolute atomic E-state index is 0.0323. The second kappa shape index (κ2) is 5.45. The number of rotatable bonds is 2. The van der Waals surface area contributed by atoms with E-state index in [1.54, 1.807) is 0 Å². The lowest BCUT2D eigenvalue weighted by atomic mass is 10.1. The maximum absolute atomic E-state index is 13.3. The highest BCUT2D eigenvalue weighted by molar-refractivity contribution is 5.69. The van der Waals surface area contributed by atoms with Crippen LogP contribution in [0.2, 0.25) is 0 Å². The van der Waals surface area contributed by atoms with Crippen molar-refractivity contribution in [3.63, 3.8) is 0 Å². The molecule has 0 saturated heterocycles. The zero-order valence-electron chi connectivity index (χ0n) is 10.1. The topological polar surface area (TPSA) is 0 Å². The first-order chi connectivity index (χ1) is 9.36. The molecule has 0 amide bonds. The van der Waals surface area contributed by atoms with Gasteiger partial charge >= 0.3 is 6.18 Å². The van der Waals surface area contributed by atoms with Crippen molar-refractivity contribution >= 4 is 12.2 Å². The first-order valence-electron chi connectivity index (χ1n) is 5.66. The minimum atomic E-state index is -4.39. The molecule has 0 spiro atoms. The Morgan fingerprint density at radius 1 is 0.800 bits per heavy atom. The summed E-state index contributed by atoms with van der Waals surface area (Å²) in [6.07, 6.45) is -1.67. The van der Waals surface area contributed by atoms with E-state index in [0.29, 0.717) is 5.56 Å². The zero-order chi connectivity index (χ0) is 14.8. The lowest BCUT2D eigenvalue weighted by Gasteiger charge is -2.05. The maximum atomic E-state index is 13.3. The molecule has 0 aliphatic carbocycles. The van der Waals surface area contributed by atoms with E-state index in [9.17, 15) is 22.0 Å². The van der Waals surface area contributed by atoms with E-state index in [2.05, 4.69) is 0 Å². The largest absolute Gasteiger partial charge is 0.416 e. The highest BCUT2D eigenvalue weighted by Crippen LogP contribution is 2.29. The Hall–Kier alpha value is -2.17. The van der Waals surface area contributed by atoms with Gasteiger partial charge in [-0.2, -0.15) is 13.2 Å². The lowest BCUT2D eigenvalue weighted by Crippen LogP contribution is -2.03. The van der Waals surface area contributed by atoms with Gasteiger partial charge < -0.3 is 0 Å². The van der Waals surface area contributed by atoms with Crippen molar-refractivity contribution in [2.45, 2.75) is 6.18 Å². The van der Waals surface area contributed by atoms with Crippen molar-refractivity contribution in [3.05, 3.63) is 70.8 Å². The molecule has 0 nitrogen and oxygen atoms in total. The van der Waals surface area contributed by atoms with Crippen LogP contribution >= 0.6 is 0 Å². The number of benzene rings is 2. The molecule has 0 N–H and O–H groups in total. The first kappa shape index (κ1) is 14.2. The van der Waals surface area contributed by atoms with Gasteiger partial charge in [-0.3, -0.25) is 0 Å². The van der Waals surface area contributed by atoms with Gasteiger partial charge in [-0.15, -0.1) is 0 Å². The number of hydrogen-bond donors (Lipinski definition) is 0. The number of hydrogen-bond acceptors (Lipinski definition) is 0. The summed E-state index contributed by atoms with van der Waals surface area (Å²) in [5, 5.41) is 0. The number of alkyl halides is 3. The molecule has 5 heteroatoms. The molecule has 20 heavy (non-hydrogen) atoms. The predicted octanol–water partition coefficient (Wildman–Crippen LogP) is 5.15. The summed E-state index contributed by atoms with van der Waals surface area (Å²) in [5.74, 6) is -1.19. The predicted molar refractivity (Wildman–Crippen MR) is 66.7 cm³/mol. The van der Waals surface area contributed by atoms with Gasteiger partial charge in [0, 0.05) is 5.56 Å². The molecule has 2 aromatic carbocycles. The molecule has 2 rings (SSSR count). The second-order valence-electron chi connectivity index (χ2n) is 4.12. The Kier molecular flexibility index (Phi) is 3.88. The smallest absolute Gasteiger partial charge is 0.207 e. The van der Waals surface area contributed by atoms with E-state index in [4.69, 9.17) is 0 Å². The molecule has 0 heterocycles. The minimum Gasteiger partial charge on any atom is -0.207 e. The summed E-state index contributed by atoms with van der Waals surface area (Å²) < 4.78 is 63.3. The highest BCUT2D eigenvalue weighted by atomic mass is 19.4. The van der Waals surface area contributed by atoms with E-state index in [1.165, 1.54) is 24.3 Å². The van der Waals surface area contributed by atoms with E-state index in [-0.39, 0.29) is 5.56 Å². The van der Waals surface area contributed by atoms with Gasteiger partial charge in [0.2, 0.25) is 0 Å². The molecular weight excluding hydrogens is 275 g/mol. The van der Waals surface area contributed by atoms with Gasteiger partial charge in [-0.25, -0.2) is 8.78 Å². The normalized spacial score (nSPS) is 12.1. The molecule has 104 valence electrons. The molecule has 0 saturated carbocycles. The van der Waals surface area contributed by atoms with Crippen LogP contribution in [0.5, 0.6) is 0 Å². The fraction of sp³-hybridized carbons (Fsp3) is 0.0667. The third kappa shape index (κ3) is 3.44. The van der Waals surface area contributed by atoms with Crippen LogP contribution in [0.25, 0.3) is 12.2 Å². The Morgan fingerprint density at radius 3 is 2.05 bits per heavy atom. The molecule has 0 aromatic heterocycles. The van der Waals surface area contributed by atoms with Gasteiger partial charge in [0.05, 0.1) is 5.56 Å². The Morgan fingerprint density at radius 2 is 1.45 bits per heavy atom. The average molecular weight is 284 g/mol. The van der Waals surface area contributed by atoms with Crippen molar-refractivity contribution in [2.24, 2.45) is 0 Å². The van der Waals surface area contributed by atoms with Crippen molar-refractivity contribution < 1.29 is 22.0 Å². The van der Waals surface area contributed by atoms with Gasteiger partial charge in [0.25, 0.3) is 0 Å². The Labute approximate surface area is 112 Å². The van der Waals surface area contributed by atoms with Crippen LogP contribution in [-0.2, 0) is 6.18 Å². The molecule has 2 aromatic rings. The molecule has 0 atom stereocenters. The molecule has 0 radical (unpaired) electrons. The molecule has 0 aliphatic rings. The van der Waals surface area contributed by atoms with Crippen LogP contribution in [0.4, 0.5) is 22.0 Å². The van der Waals surface area contributed by atoms with Gasteiger partial charge in [0.15, 0.2) is 0 Å². The molecule has 0 fully saturated rings. The summed E-state index contributed by atoms with van der Waals surface area (Å²) in [5.41, 5.74) is -0.266. The van der Waals surface area contributed by atoms with Gasteiger partial charge in [-0.1, -0.05) is 24.3 Å². The molecule has 0 aliphatic heterocycles. The van der Waals surface area contributed by atoms with E-state index < -0.39 is 23.4 Å². The van der Waals surface area contributed by atoms with E-state index in [1.807, 2.05) is 0 Å². The van der Waals surface area contributed by atoms with Crippen molar-refractivity contribution in [3.8, 4) is 0 Å². The fourth-order valence-electron chi connectivity index (χ4n) is 1.61. The van der Waals surface area contributed by atoms with Crippen LogP contribution in [0, 0.1) is 11.6 Å². The summed E-state index contributed by atoms with van der Waals surface area (Å²) in [6.45, 7) is 0. The summed E-state index contributed by atoms with van der Waals surface area (Å²) >= 11 is 0. The summed E-state index contributed by atoms with van der Waals surface area (Å²) in [4.78, 5) is 0. The Balaban J connectivity index is 2.21. The molecular formula is C15H9F5. The summed E-state index contributed by atoms with van der Waals surface area (Å²) in [6, 6.07) is 7.37. The van der Waals surface area contributed by atoms with E-state index in [0.717, 1.165) is 30.3 Å². The molecule has 0 unspecified atom stereocenters. The van der Waals surface area contributed by atoms with Crippen LogP contribution < -0.4 is 0 Å². The van der Waals surface area contributed by atoms with Crippen LogP contribution in [0.1, 0.15) is 16.7 Å². The summed E-state index contributed by atoms with van der Waals surface area (Å²) in [7, 11) is 0. The highest BCUT2D eigenvalue weighted by Gasteiger charge is 2.29. The fourth-order valence-corrected chi connectivity index (χ4v) is 1.61. The Bertz CT molecular complexity index is 624. The van der Waals surface area contributed by atoms with Crippen LogP contribution in [-0.4, -0.2) is 0 Å². The first-order valence-corrected chi connectivity index (χ1v) is 5.66. The zero-order valence-corrected chi connectivity index (χ0v) is 10.1. The van der Waals surface area contributed by atoms with Crippen molar-refractivity contribution in [1.82, 2.24) is 0 Å². The third-order valence-electron chi connectivity index (χ3n) is 2.65. The maximum Gasteiger partial charge on any atom is 0.416 e.